The third-order valence-corrected chi connectivity index (χ3v) is 7.08. The van der Waals surface area contributed by atoms with Gasteiger partial charge < -0.3 is 5.32 Å². The molecule has 1 aromatic carbocycles. The van der Waals surface area contributed by atoms with Gasteiger partial charge >= 0.3 is 0 Å². The molecule has 0 aliphatic carbocycles. The van der Waals surface area contributed by atoms with Crippen LogP contribution in [0.4, 0.5) is 4.39 Å². The first kappa shape index (κ1) is 20.8. The Kier molecular flexibility index (Phi) is 7.16. The fraction of sp³-hybridized carbons (Fsp3) is 0.353. The van der Waals surface area contributed by atoms with Gasteiger partial charge in [0.15, 0.2) is 0 Å². The van der Waals surface area contributed by atoms with E-state index in [2.05, 4.69) is 5.32 Å². The van der Waals surface area contributed by atoms with Gasteiger partial charge in [-0.25, -0.2) is 17.1 Å². The number of hydrogen-bond acceptors (Lipinski definition) is 4. The molecule has 5 nitrogen and oxygen atoms in total. The maximum atomic E-state index is 12.9. The molecule has 1 unspecified atom stereocenters. The molecule has 0 aliphatic rings. The van der Waals surface area contributed by atoms with Crippen molar-refractivity contribution in [2.24, 2.45) is 0 Å². The van der Waals surface area contributed by atoms with Crippen molar-refractivity contribution in [3.8, 4) is 0 Å². The van der Waals surface area contributed by atoms with E-state index in [0.717, 1.165) is 21.3 Å². The fourth-order valence-electron chi connectivity index (χ4n) is 2.31. The molecule has 0 spiro atoms. The summed E-state index contributed by atoms with van der Waals surface area (Å²) in [5.41, 5.74) is 0. The molecule has 1 aromatic heterocycles. The van der Waals surface area contributed by atoms with Crippen LogP contribution in [0.5, 0.6) is 0 Å². The summed E-state index contributed by atoms with van der Waals surface area (Å²) in [5, 5.41) is 2.86. The Morgan fingerprint density at radius 2 is 1.92 bits per heavy atom. The first-order valence-electron chi connectivity index (χ1n) is 7.96. The van der Waals surface area contributed by atoms with E-state index in [1.54, 1.807) is 6.07 Å². The van der Waals surface area contributed by atoms with Gasteiger partial charge in [0.05, 0.1) is 15.3 Å². The number of carbonyl (C=O) groups is 1. The minimum atomic E-state index is -3.70. The summed E-state index contributed by atoms with van der Waals surface area (Å²) < 4.78 is 39.5. The summed E-state index contributed by atoms with van der Waals surface area (Å²) in [7, 11) is -2.26. The van der Waals surface area contributed by atoms with E-state index in [-0.39, 0.29) is 29.8 Å². The second kappa shape index (κ2) is 8.94. The van der Waals surface area contributed by atoms with Gasteiger partial charge in [0.1, 0.15) is 5.82 Å². The van der Waals surface area contributed by atoms with Crippen LogP contribution in [0.15, 0.2) is 41.3 Å². The number of halogens is 2. The van der Waals surface area contributed by atoms with Gasteiger partial charge in [-0.1, -0.05) is 11.6 Å². The fourth-order valence-corrected chi connectivity index (χ4v) is 4.59. The summed E-state index contributed by atoms with van der Waals surface area (Å²) in [5.74, 6) is -0.654. The van der Waals surface area contributed by atoms with Crippen molar-refractivity contribution in [2.45, 2.75) is 30.7 Å². The first-order valence-corrected chi connectivity index (χ1v) is 10.6. The van der Waals surface area contributed by atoms with Crippen molar-refractivity contribution in [3.05, 3.63) is 51.4 Å². The normalized spacial score (nSPS) is 13.0. The van der Waals surface area contributed by atoms with Crippen LogP contribution in [0.2, 0.25) is 4.34 Å². The highest BCUT2D eigenvalue weighted by atomic mass is 35.5. The van der Waals surface area contributed by atoms with E-state index in [4.69, 9.17) is 11.6 Å². The lowest BCUT2D eigenvalue weighted by Crippen LogP contribution is -2.30. The summed E-state index contributed by atoms with van der Waals surface area (Å²) in [4.78, 5) is 13.0. The van der Waals surface area contributed by atoms with Crippen molar-refractivity contribution in [1.82, 2.24) is 9.62 Å². The molecule has 1 heterocycles. The van der Waals surface area contributed by atoms with Crippen LogP contribution in [-0.4, -0.2) is 32.2 Å². The van der Waals surface area contributed by atoms with Gasteiger partial charge in [0, 0.05) is 24.9 Å². The standard InChI is InChI=1S/C17H20ClFN2O3S2/c1-12(15-9-10-16(18)25-15)20-17(22)4-3-11-21(2)26(23,24)14-7-5-13(19)6-8-14/h5-10,12H,3-4,11H2,1-2H3,(H,20,22). The molecule has 0 radical (unpaired) electrons. The molecule has 1 N–H and O–H groups in total. The Bertz CT molecular complexity index is 853. The molecule has 1 atom stereocenters. The van der Waals surface area contributed by atoms with Gasteiger partial charge in [-0.2, -0.15) is 0 Å². The zero-order valence-electron chi connectivity index (χ0n) is 14.4. The van der Waals surface area contributed by atoms with Crippen LogP contribution in [0.25, 0.3) is 0 Å². The minimum absolute atomic E-state index is 0.0223. The highest BCUT2D eigenvalue weighted by Gasteiger charge is 2.20. The second-order valence-corrected chi connectivity index (χ2v) is 9.61. The third kappa shape index (κ3) is 5.51. The molecule has 9 heteroatoms. The molecule has 0 fully saturated rings. The van der Waals surface area contributed by atoms with Crippen LogP contribution in [0, 0.1) is 5.82 Å². The molecule has 26 heavy (non-hydrogen) atoms. The van der Waals surface area contributed by atoms with Crippen molar-refractivity contribution in [2.75, 3.05) is 13.6 Å². The number of nitrogens with one attached hydrogen (secondary N) is 1. The van der Waals surface area contributed by atoms with E-state index >= 15 is 0 Å². The van der Waals surface area contributed by atoms with Crippen LogP contribution in [0.3, 0.4) is 0 Å². The molecule has 142 valence electrons. The summed E-state index contributed by atoms with van der Waals surface area (Å²) in [6, 6.07) is 8.14. The van der Waals surface area contributed by atoms with E-state index in [1.807, 2.05) is 13.0 Å². The summed E-state index contributed by atoms with van der Waals surface area (Å²) in [6.45, 7) is 2.05. The lowest BCUT2D eigenvalue weighted by atomic mass is 10.2. The summed E-state index contributed by atoms with van der Waals surface area (Å²) >= 11 is 7.29. The van der Waals surface area contributed by atoms with Crippen molar-refractivity contribution >= 4 is 38.9 Å². The smallest absolute Gasteiger partial charge is 0.242 e. The van der Waals surface area contributed by atoms with Gasteiger partial charge in [-0.15, -0.1) is 11.3 Å². The number of thiophene rings is 1. The number of benzene rings is 1. The van der Waals surface area contributed by atoms with E-state index in [9.17, 15) is 17.6 Å². The molecular formula is C17H20ClFN2O3S2. The van der Waals surface area contributed by atoms with Gasteiger partial charge in [-0.3, -0.25) is 4.79 Å². The quantitative estimate of drug-likeness (QED) is 0.708. The zero-order chi connectivity index (χ0) is 19.3. The molecule has 2 aromatic rings. The van der Waals surface area contributed by atoms with Crippen LogP contribution >= 0.6 is 22.9 Å². The van der Waals surface area contributed by atoms with Gasteiger partial charge in [0.2, 0.25) is 15.9 Å². The lowest BCUT2D eigenvalue weighted by Gasteiger charge is -2.17. The van der Waals surface area contributed by atoms with Crippen molar-refractivity contribution < 1.29 is 17.6 Å². The van der Waals surface area contributed by atoms with E-state index in [1.165, 1.54) is 30.5 Å². The predicted octanol–water partition coefficient (Wildman–Crippen LogP) is 3.82. The topological polar surface area (TPSA) is 66.5 Å². The highest BCUT2D eigenvalue weighted by molar-refractivity contribution is 7.89. The molecule has 2 rings (SSSR count). The van der Waals surface area contributed by atoms with E-state index in [0.29, 0.717) is 10.8 Å². The zero-order valence-corrected chi connectivity index (χ0v) is 16.8. The lowest BCUT2D eigenvalue weighted by molar-refractivity contribution is -0.121. The average molecular weight is 419 g/mol. The van der Waals surface area contributed by atoms with Crippen LogP contribution in [0.1, 0.15) is 30.7 Å². The Labute approximate surface area is 161 Å². The average Bonchev–Trinajstić information content (AvgIpc) is 3.01. The Morgan fingerprint density at radius 1 is 1.27 bits per heavy atom. The number of sulfonamides is 1. The predicted molar refractivity (Wildman–Crippen MR) is 101 cm³/mol. The number of rotatable bonds is 8. The Hall–Kier alpha value is -1.48. The SMILES string of the molecule is CC(NC(=O)CCCN(C)S(=O)(=O)c1ccc(F)cc1)c1ccc(Cl)s1. The van der Waals surface area contributed by atoms with Gasteiger partial charge in [0.25, 0.3) is 0 Å². The highest BCUT2D eigenvalue weighted by Crippen LogP contribution is 2.26. The Balaban J connectivity index is 1.82. The maximum Gasteiger partial charge on any atom is 0.242 e. The molecular weight excluding hydrogens is 399 g/mol. The van der Waals surface area contributed by atoms with Crippen LogP contribution < -0.4 is 5.32 Å². The van der Waals surface area contributed by atoms with Crippen molar-refractivity contribution in [1.29, 1.82) is 0 Å². The number of carbonyl (C=O) groups excluding carboxylic acids is 1. The number of hydrogen-bond donors (Lipinski definition) is 1. The number of amides is 1. The second-order valence-electron chi connectivity index (χ2n) is 5.82. The summed E-state index contributed by atoms with van der Waals surface area (Å²) in [6.07, 6.45) is 0.577. The van der Waals surface area contributed by atoms with Crippen LogP contribution in [-0.2, 0) is 14.8 Å². The molecule has 0 saturated heterocycles. The van der Waals surface area contributed by atoms with Crippen molar-refractivity contribution in [3.63, 3.8) is 0 Å². The maximum absolute atomic E-state index is 12.9. The minimum Gasteiger partial charge on any atom is -0.349 e. The number of nitrogens with zero attached hydrogens (tertiary/aromatic N) is 1. The largest absolute Gasteiger partial charge is 0.349 e. The third-order valence-electron chi connectivity index (χ3n) is 3.80. The monoisotopic (exact) mass is 418 g/mol. The molecule has 0 saturated carbocycles. The Morgan fingerprint density at radius 3 is 2.50 bits per heavy atom. The molecule has 1 amide bonds. The van der Waals surface area contributed by atoms with Gasteiger partial charge in [-0.05, 0) is 49.7 Å². The molecule has 0 bridgehead atoms. The first-order chi connectivity index (χ1) is 12.2. The van der Waals surface area contributed by atoms with E-state index < -0.39 is 15.8 Å². The molecule has 0 aliphatic heterocycles.